The Hall–Kier alpha value is -0.780. The minimum Gasteiger partial charge on any atom is -0.309 e. The second-order valence-electron chi connectivity index (χ2n) is 5.00. The number of hydrogen-bond acceptors (Lipinski definition) is 5. The minimum atomic E-state index is 0.485. The summed E-state index contributed by atoms with van der Waals surface area (Å²) in [6.07, 6.45) is 4.57. The average Bonchev–Trinajstić information content (AvgIpc) is 2.87. The highest BCUT2D eigenvalue weighted by Gasteiger charge is 2.22. The molecule has 0 radical (unpaired) electrons. The molecule has 1 aliphatic carbocycles. The smallest absolute Gasteiger partial charge is 0.135 e. The Kier molecular flexibility index (Phi) is 3.46. The molecule has 0 atom stereocenters. The van der Waals surface area contributed by atoms with E-state index in [0.717, 1.165) is 17.6 Å². The number of nitrogens with one attached hydrogen (secondary N) is 1. The molecule has 0 unspecified atom stereocenters. The third-order valence-electron chi connectivity index (χ3n) is 3.05. The zero-order valence-electron chi connectivity index (χ0n) is 10.6. The summed E-state index contributed by atoms with van der Waals surface area (Å²) in [5.41, 5.74) is 3.12. The molecule has 0 bridgehead atoms. The summed E-state index contributed by atoms with van der Waals surface area (Å²) in [4.78, 5) is 11.5. The van der Waals surface area contributed by atoms with Crippen molar-refractivity contribution in [1.82, 2.24) is 15.3 Å². The summed E-state index contributed by atoms with van der Waals surface area (Å²) in [5, 5.41) is 4.70. The summed E-state index contributed by atoms with van der Waals surface area (Å²) < 4.78 is 0. The van der Waals surface area contributed by atoms with Gasteiger partial charge in [0.25, 0.3) is 0 Å². The summed E-state index contributed by atoms with van der Waals surface area (Å²) in [6.45, 7) is 5.40. The lowest BCUT2D eigenvalue weighted by Gasteiger charge is -2.05. The van der Waals surface area contributed by atoms with Crippen LogP contribution in [0.1, 0.15) is 43.2 Å². The van der Waals surface area contributed by atoms with Crippen molar-refractivity contribution in [2.75, 3.05) is 0 Å². The molecule has 1 fully saturated rings. The zero-order valence-corrected chi connectivity index (χ0v) is 12.3. The molecular formula is C13H17N3S2. The summed E-state index contributed by atoms with van der Waals surface area (Å²) in [5.74, 6) is 0.485. The highest BCUT2D eigenvalue weighted by molar-refractivity contribution is 7.20. The SMILES string of the molecule is CC(C)c1nc(-c2cncs2)sc1CNC1CC1. The maximum absolute atomic E-state index is 4.80. The molecule has 1 aliphatic rings. The molecule has 2 heterocycles. The van der Waals surface area contributed by atoms with Gasteiger partial charge in [-0.25, -0.2) is 4.98 Å². The molecule has 3 nitrogen and oxygen atoms in total. The Labute approximate surface area is 115 Å². The highest BCUT2D eigenvalue weighted by Crippen LogP contribution is 2.34. The predicted molar refractivity (Wildman–Crippen MR) is 77.2 cm³/mol. The quantitative estimate of drug-likeness (QED) is 0.908. The van der Waals surface area contributed by atoms with Crippen molar-refractivity contribution in [3.63, 3.8) is 0 Å². The van der Waals surface area contributed by atoms with Crippen molar-refractivity contribution in [3.8, 4) is 9.88 Å². The highest BCUT2D eigenvalue weighted by atomic mass is 32.1. The summed E-state index contributed by atoms with van der Waals surface area (Å²) in [7, 11) is 0. The molecule has 0 amide bonds. The molecule has 2 aromatic rings. The van der Waals surface area contributed by atoms with Crippen molar-refractivity contribution < 1.29 is 0 Å². The maximum atomic E-state index is 4.80. The van der Waals surface area contributed by atoms with Gasteiger partial charge in [0.2, 0.25) is 0 Å². The van der Waals surface area contributed by atoms with Crippen molar-refractivity contribution in [1.29, 1.82) is 0 Å². The lowest BCUT2D eigenvalue weighted by atomic mass is 10.1. The van der Waals surface area contributed by atoms with Gasteiger partial charge in [0.1, 0.15) is 5.01 Å². The van der Waals surface area contributed by atoms with Crippen LogP contribution in [0, 0.1) is 0 Å². The number of hydrogen-bond donors (Lipinski definition) is 1. The fourth-order valence-electron chi connectivity index (χ4n) is 1.89. The molecule has 5 heteroatoms. The predicted octanol–water partition coefficient (Wildman–Crippen LogP) is 3.64. The molecule has 1 N–H and O–H groups in total. The van der Waals surface area contributed by atoms with Gasteiger partial charge in [-0.15, -0.1) is 22.7 Å². The number of rotatable bonds is 5. The van der Waals surface area contributed by atoms with Crippen LogP contribution in [0.4, 0.5) is 0 Å². The van der Waals surface area contributed by atoms with E-state index in [1.165, 1.54) is 28.3 Å². The van der Waals surface area contributed by atoms with Gasteiger partial charge in [-0.2, -0.15) is 0 Å². The fourth-order valence-corrected chi connectivity index (χ4v) is 3.74. The average molecular weight is 279 g/mol. The Bertz CT molecular complexity index is 512. The van der Waals surface area contributed by atoms with Crippen molar-refractivity contribution in [2.45, 2.75) is 45.2 Å². The van der Waals surface area contributed by atoms with Crippen LogP contribution in [0.15, 0.2) is 11.7 Å². The first-order chi connectivity index (χ1) is 8.74. The molecule has 2 aromatic heterocycles. The lowest BCUT2D eigenvalue weighted by molar-refractivity contribution is 0.681. The Morgan fingerprint density at radius 3 is 2.89 bits per heavy atom. The Morgan fingerprint density at radius 2 is 2.28 bits per heavy atom. The van der Waals surface area contributed by atoms with Gasteiger partial charge >= 0.3 is 0 Å². The van der Waals surface area contributed by atoms with Gasteiger partial charge in [0, 0.05) is 23.7 Å². The summed E-state index contributed by atoms with van der Waals surface area (Å²) in [6, 6.07) is 0.749. The monoisotopic (exact) mass is 279 g/mol. The van der Waals surface area contributed by atoms with Crippen molar-refractivity contribution in [2.24, 2.45) is 0 Å². The van der Waals surface area contributed by atoms with Crippen LogP contribution in [0.5, 0.6) is 0 Å². The van der Waals surface area contributed by atoms with E-state index in [2.05, 4.69) is 24.1 Å². The van der Waals surface area contributed by atoms with E-state index in [0.29, 0.717) is 5.92 Å². The van der Waals surface area contributed by atoms with E-state index in [9.17, 15) is 0 Å². The number of aromatic nitrogens is 2. The first-order valence-electron chi connectivity index (χ1n) is 6.36. The van der Waals surface area contributed by atoms with E-state index in [4.69, 9.17) is 4.98 Å². The van der Waals surface area contributed by atoms with Gasteiger partial charge in [0.05, 0.1) is 16.1 Å². The van der Waals surface area contributed by atoms with E-state index in [1.807, 2.05) is 23.0 Å². The van der Waals surface area contributed by atoms with Crippen LogP contribution in [0.2, 0.25) is 0 Å². The molecule has 1 saturated carbocycles. The maximum Gasteiger partial charge on any atom is 0.135 e. The molecule has 0 aliphatic heterocycles. The van der Waals surface area contributed by atoms with E-state index >= 15 is 0 Å². The van der Waals surface area contributed by atoms with Crippen LogP contribution in [-0.4, -0.2) is 16.0 Å². The first-order valence-corrected chi connectivity index (χ1v) is 8.05. The second kappa shape index (κ2) is 5.07. The third-order valence-corrected chi connectivity index (χ3v) is 5.06. The van der Waals surface area contributed by atoms with Crippen LogP contribution in [0.25, 0.3) is 9.88 Å². The van der Waals surface area contributed by atoms with E-state index in [-0.39, 0.29) is 0 Å². The fraction of sp³-hybridized carbons (Fsp3) is 0.538. The lowest BCUT2D eigenvalue weighted by Crippen LogP contribution is -2.15. The van der Waals surface area contributed by atoms with Gasteiger partial charge in [0.15, 0.2) is 0 Å². The molecule has 0 aromatic carbocycles. The standard InChI is InChI=1S/C13H17N3S2/c1-8(2)12-10(6-15-9-3-4-9)18-13(16-12)11-5-14-7-17-11/h5,7-9,15H,3-4,6H2,1-2H3. The molecule has 0 spiro atoms. The number of nitrogens with zero attached hydrogens (tertiary/aromatic N) is 2. The zero-order chi connectivity index (χ0) is 12.5. The van der Waals surface area contributed by atoms with Crippen LogP contribution in [-0.2, 0) is 6.54 Å². The molecule has 96 valence electrons. The van der Waals surface area contributed by atoms with Crippen LogP contribution in [0.3, 0.4) is 0 Å². The molecule has 18 heavy (non-hydrogen) atoms. The van der Waals surface area contributed by atoms with E-state index < -0.39 is 0 Å². The molecule has 0 saturated heterocycles. The second-order valence-corrected chi connectivity index (χ2v) is 6.97. The van der Waals surface area contributed by atoms with Gasteiger partial charge in [-0.05, 0) is 18.8 Å². The van der Waals surface area contributed by atoms with Crippen LogP contribution < -0.4 is 5.32 Å². The van der Waals surface area contributed by atoms with Crippen molar-refractivity contribution >= 4 is 22.7 Å². The van der Waals surface area contributed by atoms with Gasteiger partial charge in [-0.3, -0.25) is 4.98 Å². The largest absolute Gasteiger partial charge is 0.309 e. The van der Waals surface area contributed by atoms with Crippen LogP contribution >= 0.6 is 22.7 Å². The molecular weight excluding hydrogens is 262 g/mol. The van der Waals surface area contributed by atoms with Gasteiger partial charge in [-0.1, -0.05) is 13.8 Å². The first kappa shape index (κ1) is 12.3. The summed E-state index contributed by atoms with van der Waals surface area (Å²) >= 11 is 3.48. The minimum absolute atomic E-state index is 0.485. The third kappa shape index (κ3) is 2.63. The van der Waals surface area contributed by atoms with Gasteiger partial charge < -0.3 is 5.32 Å². The topological polar surface area (TPSA) is 37.8 Å². The normalized spacial score (nSPS) is 15.5. The molecule has 3 rings (SSSR count). The Morgan fingerprint density at radius 1 is 1.44 bits per heavy atom. The van der Waals surface area contributed by atoms with Crippen molar-refractivity contribution in [3.05, 3.63) is 22.3 Å². The number of thiazole rings is 2. The Balaban J connectivity index is 1.85. The van der Waals surface area contributed by atoms with E-state index in [1.54, 1.807) is 11.3 Å².